The number of alkyl halides is 3. The SMILES string of the molecule is FC(F)(F)c1ccc(-c2cccnc2)[c]n1. The first kappa shape index (κ1) is 10.6. The molecule has 0 N–H and O–H groups in total. The van der Waals surface area contributed by atoms with Crippen LogP contribution in [-0.4, -0.2) is 9.97 Å². The molecule has 0 aliphatic heterocycles. The van der Waals surface area contributed by atoms with Gasteiger partial charge in [-0.15, -0.1) is 0 Å². The normalized spacial score (nSPS) is 11.4. The van der Waals surface area contributed by atoms with E-state index in [0.717, 1.165) is 6.07 Å². The van der Waals surface area contributed by atoms with Gasteiger partial charge in [0.05, 0.1) is 6.20 Å². The van der Waals surface area contributed by atoms with E-state index in [1.54, 1.807) is 24.5 Å². The average Bonchev–Trinajstić information content (AvgIpc) is 2.29. The molecule has 81 valence electrons. The highest BCUT2D eigenvalue weighted by Gasteiger charge is 2.32. The van der Waals surface area contributed by atoms with E-state index < -0.39 is 11.9 Å². The summed E-state index contributed by atoms with van der Waals surface area (Å²) in [5, 5.41) is 0. The molecular weight excluding hydrogens is 217 g/mol. The molecule has 0 aliphatic rings. The van der Waals surface area contributed by atoms with E-state index in [0.29, 0.717) is 11.1 Å². The quantitative estimate of drug-likeness (QED) is 0.742. The second-order valence-corrected chi connectivity index (χ2v) is 3.10. The number of hydrogen-bond acceptors (Lipinski definition) is 2. The third-order valence-electron chi connectivity index (χ3n) is 1.97. The molecule has 0 atom stereocenters. The van der Waals surface area contributed by atoms with E-state index >= 15 is 0 Å². The second-order valence-electron chi connectivity index (χ2n) is 3.10. The standard InChI is InChI=1S/C11H6F3N2/c12-11(13,14)10-4-3-9(7-16-10)8-2-1-5-15-6-8/h1-6H. The zero-order valence-corrected chi connectivity index (χ0v) is 7.99. The Balaban J connectivity index is 2.34. The molecule has 0 saturated carbocycles. The van der Waals surface area contributed by atoms with E-state index in [9.17, 15) is 13.2 Å². The predicted octanol–water partition coefficient (Wildman–Crippen LogP) is 2.96. The molecule has 0 aliphatic carbocycles. The highest BCUT2D eigenvalue weighted by molar-refractivity contribution is 5.60. The van der Waals surface area contributed by atoms with Gasteiger partial charge in [-0.1, -0.05) is 6.07 Å². The maximum Gasteiger partial charge on any atom is 0.433 e. The lowest BCUT2D eigenvalue weighted by Gasteiger charge is -2.05. The van der Waals surface area contributed by atoms with Crippen molar-refractivity contribution in [3.05, 3.63) is 48.5 Å². The average molecular weight is 223 g/mol. The molecule has 0 aromatic carbocycles. The van der Waals surface area contributed by atoms with Gasteiger partial charge < -0.3 is 0 Å². The van der Waals surface area contributed by atoms with Crippen LogP contribution in [0, 0.1) is 6.20 Å². The van der Waals surface area contributed by atoms with Gasteiger partial charge in [-0.3, -0.25) is 4.98 Å². The fourth-order valence-electron chi connectivity index (χ4n) is 1.20. The molecule has 2 rings (SSSR count). The third-order valence-corrected chi connectivity index (χ3v) is 1.97. The van der Waals surface area contributed by atoms with E-state index in [1.807, 2.05) is 0 Å². The summed E-state index contributed by atoms with van der Waals surface area (Å²) in [5.74, 6) is 0. The zero-order valence-electron chi connectivity index (χ0n) is 7.99. The molecule has 2 heterocycles. The molecule has 2 aromatic heterocycles. The van der Waals surface area contributed by atoms with Gasteiger partial charge in [-0.2, -0.15) is 13.2 Å². The summed E-state index contributed by atoms with van der Waals surface area (Å²) in [5.41, 5.74) is 0.227. The van der Waals surface area contributed by atoms with Crippen LogP contribution < -0.4 is 0 Å². The summed E-state index contributed by atoms with van der Waals surface area (Å²) < 4.78 is 36.7. The summed E-state index contributed by atoms with van der Waals surface area (Å²) in [4.78, 5) is 7.11. The molecule has 0 amide bonds. The Bertz CT molecular complexity index is 463. The van der Waals surface area contributed by atoms with Gasteiger partial charge in [-0.25, -0.2) is 4.98 Å². The van der Waals surface area contributed by atoms with Crippen LogP contribution in [0.3, 0.4) is 0 Å². The number of pyridine rings is 2. The van der Waals surface area contributed by atoms with Crippen molar-refractivity contribution < 1.29 is 13.2 Å². The third kappa shape index (κ3) is 2.18. The van der Waals surface area contributed by atoms with E-state index in [1.165, 1.54) is 6.07 Å². The molecular formula is C11H6F3N2. The summed E-state index contributed by atoms with van der Waals surface area (Å²) in [6.07, 6.45) is 1.05. The fourth-order valence-corrected chi connectivity index (χ4v) is 1.20. The second kappa shape index (κ2) is 3.92. The minimum absolute atomic E-state index is 0.487. The molecule has 1 radical (unpaired) electrons. The van der Waals surface area contributed by atoms with Crippen LogP contribution in [0.15, 0.2) is 36.7 Å². The van der Waals surface area contributed by atoms with E-state index in [-0.39, 0.29) is 0 Å². The molecule has 0 bridgehead atoms. The number of rotatable bonds is 1. The van der Waals surface area contributed by atoms with Crippen molar-refractivity contribution >= 4 is 0 Å². The predicted molar refractivity (Wildman–Crippen MR) is 51.3 cm³/mol. The lowest BCUT2D eigenvalue weighted by Crippen LogP contribution is -2.07. The van der Waals surface area contributed by atoms with Crippen LogP contribution in [-0.2, 0) is 6.18 Å². The van der Waals surface area contributed by atoms with Crippen molar-refractivity contribution in [2.24, 2.45) is 0 Å². The molecule has 2 nitrogen and oxygen atoms in total. The Kier molecular flexibility index (Phi) is 2.60. The van der Waals surface area contributed by atoms with Crippen LogP contribution in [0.4, 0.5) is 13.2 Å². The fraction of sp³-hybridized carbons (Fsp3) is 0.0909. The molecule has 0 unspecified atom stereocenters. The Morgan fingerprint density at radius 2 is 1.94 bits per heavy atom. The zero-order chi connectivity index (χ0) is 11.6. The topological polar surface area (TPSA) is 25.8 Å². The number of hydrogen-bond donors (Lipinski definition) is 0. The van der Waals surface area contributed by atoms with Gasteiger partial charge in [0, 0.05) is 23.5 Å². The molecule has 2 aromatic rings. The van der Waals surface area contributed by atoms with Crippen molar-refractivity contribution in [2.45, 2.75) is 6.18 Å². The van der Waals surface area contributed by atoms with Crippen molar-refractivity contribution in [1.82, 2.24) is 9.97 Å². The minimum atomic E-state index is -4.43. The largest absolute Gasteiger partial charge is 0.433 e. The minimum Gasteiger partial charge on any atom is -0.264 e. The van der Waals surface area contributed by atoms with Crippen LogP contribution in [0.2, 0.25) is 0 Å². The Morgan fingerprint density at radius 1 is 1.12 bits per heavy atom. The van der Waals surface area contributed by atoms with Crippen molar-refractivity contribution in [2.75, 3.05) is 0 Å². The first-order valence-corrected chi connectivity index (χ1v) is 4.44. The first-order chi connectivity index (χ1) is 7.57. The van der Waals surface area contributed by atoms with Gasteiger partial charge in [0.15, 0.2) is 0 Å². The molecule has 5 heteroatoms. The lowest BCUT2D eigenvalue weighted by molar-refractivity contribution is -0.141. The van der Waals surface area contributed by atoms with Gasteiger partial charge >= 0.3 is 6.18 Å². The van der Waals surface area contributed by atoms with E-state index in [2.05, 4.69) is 16.2 Å². The summed E-state index contributed by atoms with van der Waals surface area (Å²) in [6.45, 7) is 0. The highest BCUT2D eigenvalue weighted by atomic mass is 19.4. The number of halogens is 3. The maximum absolute atomic E-state index is 12.2. The van der Waals surface area contributed by atoms with Crippen LogP contribution >= 0.6 is 0 Å². The van der Waals surface area contributed by atoms with Crippen LogP contribution in [0.5, 0.6) is 0 Å². The van der Waals surface area contributed by atoms with Gasteiger partial charge in [-0.05, 0) is 18.2 Å². The Morgan fingerprint density at radius 3 is 2.44 bits per heavy atom. The van der Waals surface area contributed by atoms with E-state index in [4.69, 9.17) is 0 Å². The monoisotopic (exact) mass is 223 g/mol. The molecule has 0 spiro atoms. The first-order valence-electron chi connectivity index (χ1n) is 4.44. The molecule has 0 saturated heterocycles. The number of aromatic nitrogens is 2. The van der Waals surface area contributed by atoms with Gasteiger partial charge in [0.1, 0.15) is 5.69 Å². The summed E-state index contributed by atoms with van der Waals surface area (Å²) in [6, 6.07) is 5.68. The smallest absolute Gasteiger partial charge is 0.264 e. The highest BCUT2D eigenvalue weighted by Crippen LogP contribution is 2.28. The lowest BCUT2D eigenvalue weighted by atomic mass is 10.1. The Labute approximate surface area is 89.8 Å². The van der Waals surface area contributed by atoms with Crippen molar-refractivity contribution in [3.63, 3.8) is 0 Å². The van der Waals surface area contributed by atoms with Crippen molar-refractivity contribution in [1.29, 1.82) is 0 Å². The summed E-state index contributed by atoms with van der Waals surface area (Å²) in [7, 11) is 0. The molecule has 0 fully saturated rings. The van der Waals surface area contributed by atoms with Crippen molar-refractivity contribution in [3.8, 4) is 11.1 Å². The summed E-state index contributed by atoms with van der Waals surface area (Å²) >= 11 is 0. The van der Waals surface area contributed by atoms with Gasteiger partial charge in [0.2, 0.25) is 0 Å². The van der Waals surface area contributed by atoms with Gasteiger partial charge in [0.25, 0.3) is 0 Å². The van der Waals surface area contributed by atoms with Crippen LogP contribution in [0.1, 0.15) is 5.69 Å². The maximum atomic E-state index is 12.2. The van der Waals surface area contributed by atoms with Crippen LogP contribution in [0.25, 0.3) is 11.1 Å². The molecule has 16 heavy (non-hydrogen) atoms. The Hall–Kier alpha value is -1.91. The number of nitrogens with zero attached hydrogens (tertiary/aromatic N) is 2.